The molecular formula is C27H34N6O4S. The number of carbonyl (C=O) groups excluding carboxylic acids is 1. The molecule has 0 bridgehead atoms. The molecular weight excluding hydrogens is 504 g/mol. The number of nitrogens with one attached hydrogen (secondary N) is 2. The molecule has 0 aliphatic rings. The Kier molecular flexibility index (Phi) is 10.3. The fourth-order valence-electron chi connectivity index (χ4n) is 4.34. The molecule has 0 saturated heterocycles. The van der Waals surface area contributed by atoms with Crippen LogP contribution in [0, 0.1) is 13.1 Å². The van der Waals surface area contributed by atoms with E-state index in [0.717, 1.165) is 25.5 Å². The van der Waals surface area contributed by atoms with Gasteiger partial charge in [0.15, 0.2) is 5.75 Å². The molecule has 0 aliphatic carbocycles. The first-order chi connectivity index (χ1) is 18.3. The average Bonchev–Trinajstić information content (AvgIpc) is 3.42. The number of sulfonamides is 1. The largest absolute Gasteiger partial charge is 0.433 e. The van der Waals surface area contributed by atoms with Crippen LogP contribution in [0.5, 0.6) is 5.75 Å². The zero-order valence-electron chi connectivity index (χ0n) is 21.9. The predicted molar refractivity (Wildman–Crippen MR) is 148 cm³/mol. The van der Waals surface area contributed by atoms with Crippen molar-refractivity contribution < 1.29 is 17.9 Å². The Hall–Kier alpha value is -3.83. The van der Waals surface area contributed by atoms with Crippen molar-refractivity contribution in [2.24, 2.45) is 0 Å². The van der Waals surface area contributed by atoms with Crippen LogP contribution in [0.3, 0.4) is 0 Å². The SMILES string of the molecule is [C-]#[N+]c1c(OC(=O)CCCCCCCCCCCC)c2[nH]nc(-c3cccc(NS(C)(=O)=O)c3)n2c1[N+]#[C-]. The van der Waals surface area contributed by atoms with E-state index in [-0.39, 0.29) is 35.1 Å². The van der Waals surface area contributed by atoms with Crippen LogP contribution in [0.25, 0.3) is 26.7 Å². The summed E-state index contributed by atoms with van der Waals surface area (Å²) in [4.78, 5) is 19.6. The van der Waals surface area contributed by atoms with Crippen molar-refractivity contribution in [1.29, 1.82) is 0 Å². The van der Waals surface area contributed by atoms with Crippen LogP contribution >= 0.6 is 0 Å². The maximum absolute atomic E-state index is 12.6. The Morgan fingerprint density at radius 3 is 2.32 bits per heavy atom. The summed E-state index contributed by atoms with van der Waals surface area (Å²) in [6, 6.07) is 6.50. The van der Waals surface area contributed by atoms with Gasteiger partial charge in [0, 0.05) is 17.7 Å². The van der Waals surface area contributed by atoms with Crippen molar-refractivity contribution in [3.63, 3.8) is 0 Å². The Morgan fingerprint density at radius 1 is 1.05 bits per heavy atom. The minimum atomic E-state index is -3.49. The molecule has 2 N–H and O–H groups in total. The number of anilines is 1. The molecule has 0 aliphatic heterocycles. The first kappa shape index (κ1) is 28.7. The highest BCUT2D eigenvalue weighted by Gasteiger charge is 2.29. The summed E-state index contributed by atoms with van der Waals surface area (Å²) < 4.78 is 32.7. The van der Waals surface area contributed by atoms with Crippen LogP contribution < -0.4 is 9.46 Å². The van der Waals surface area contributed by atoms with Crippen LogP contribution in [0.4, 0.5) is 17.2 Å². The summed E-state index contributed by atoms with van der Waals surface area (Å²) in [6.07, 6.45) is 12.8. The van der Waals surface area contributed by atoms with Gasteiger partial charge in [0.2, 0.25) is 27.3 Å². The van der Waals surface area contributed by atoms with E-state index in [1.54, 1.807) is 24.3 Å². The Labute approximate surface area is 224 Å². The lowest BCUT2D eigenvalue weighted by molar-refractivity contribution is -0.134. The van der Waals surface area contributed by atoms with Crippen LogP contribution in [0.2, 0.25) is 0 Å². The quantitative estimate of drug-likeness (QED) is 0.123. The van der Waals surface area contributed by atoms with Gasteiger partial charge in [0.25, 0.3) is 5.69 Å². The monoisotopic (exact) mass is 538 g/mol. The van der Waals surface area contributed by atoms with Gasteiger partial charge in [-0.2, -0.15) is 0 Å². The van der Waals surface area contributed by atoms with Crippen molar-refractivity contribution in [3.8, 4) is 17.1 Å². The van der Waals surface area contributed by atoms with Crippen molar-refractivity contribution in [2.45, 2.75) is 77.6 Å². The van der Waals surface area contributed by atoms with Crippen LogP contribution in [0.15, 0.2) is 24.3 Å². The summed E-state index contributed by atoms with van der Waals surface area (Å²) >= 11 is 0. The van der Waals surface area contributed by atoms with Gasteiger partial charge in [-0.15, -0.1) is 5.10 Å². The van der Waals surface area contributed by atoms with E-state index in [2.05, 4.69) is 31.5 Å². The van der Waals surface area contributed by atoms with Gasteiger partial charge in [-0.25, -0.2) is 22.8 Å². The number of carbonyl (C=O) groups is 1. The molecule has 0 fully saturated rings. The third-order valence-corrected chi connectivity index (χ3v) is 6.76. The molecule has 0 radical (unpaired) electrons. The zero-order valence-corrected chi connectivity index (χ0v) is 22.7. The Balaban J connectivity index is 1.68. The van der Waals surface area contributed by atoms with Gasteiger partial charge in [-0.1, -0.05) is 77.3 Å². The Bertz CT molecular complexity index is 1440. The minimum absolute atomic E-state index is 0.0211. The maximum Gasteiger partial charge on any atom is 0.310 e. The first-order valence-electron chi connectivity index (χ1n) is 13.0. The number of ether oxygens (including phenoxy) is 1. The minimum Gasteiger partial charge on any atom is -0.433 e. The molecule has 10 nitrogen and oxygen atoms in total. The third kappa shape index (κ3) is 7.59. The van der Waals surface area contributed by atoms with Crippen LogP contribution in [-0.4, -0.2) is 35.2 Å². The molecule has 3 rings (SSSR count). The third-order valence-electron chi connectivity index (χ3n) is 6.15. The highest BCUT2D eigenvalue weighted by molar-refractivity contribution is 7.92. The summed E-state index contributed by atoms with van der Waals surface area (Å²) in [7, 11) is -3.49. The maximum atomic E-state index is 12.6. The first-order valence-corrected chi connectivity index (χ1v) is 14.8. The van der Waals surface area contributed by atoms with Crippen LogP contribution in [-0.2, 0) is 14.8 Å². The lowest BCUT2D eigenvalue weighted by Gasteiger charge is -2.05. The summed E-state index contributed by atoms with van der Waals surface area (Å²) in [5, 5.41) is 7.04. The van der Waals surface area contributed by atoms with Crippen molar-refractivity contribution >= 4 is 38.8 Å². The average molecular weight is 539 g/mol. The molecule has 2 heterocycles. The lowest BCUT2D eigenvalue weighted by atomic mass is 10.1. The molecule has 0 unspecified atom stereocenters. The predicted octanol–water partition coefficient (Wildman–Crippen LogP) is 7.02. The van der Waals surface area contributed by atoms with Gasteiger partial charge in [-0.3, -0.25) is 9.52 Å². The molecule has 1 aromatic carbocycles. The lowest BCUT2D eigenvalue weighted by Crippen LogP contribution is -2.09. The number of rotatable bonds is 15. The number of aromatic amines is 1. The number of benzene rings is 1. The fraction of sp³-hybridized carbons (Fsp3) is 0.481. The van der Waals surface area contributed by atoms with Gasteiger partial charge >= 0.3 is 5.97 Å². The number of nitrogens with zero attached hydrogens (tertiary/aromatic N) is 4. The van der Waals surface area contributed by atoms with E-state index < -0.39 is 16.0 Å². The number of aromatic nitrogens is 3. The molecule has 11 heteroatoms. The molecule has 202 valence electrons. The molecule has 0 saturated carbocycles. The van der Waals surface area contributed by atoms with Crippen molar-refractivity contribution in [2.75, 3.05) is 11.0 Å². The molecule has 0 amide bonds. The van der Waals surface area contributed by atoms with E-state index in [9.17, 15) is 13.2 Å². The number of fused-ring (bicyclic) bond motifs is 1. The molecule has 0 spiro atoms. The smallest absolute Gasteiger partial charge is 0.310 e. The topological polar surface area (TPSA) is 114 Å². The second-order valence-electron chi connectivity index (χ2n) is 9.32. The van der Waals surface area contributed by atoms with E-state index in [1.807, 2.05) is 0 Å². The summed E-state index contributed by atoms with van der Waals surface area (Å²) in [6.45, 7) is 17.5. The van der Waals surface area contributed by atoms with Gasteiger partial charge in [-0.05, 0) is 24.6 Å². The zero-order chi connectivity index (χ0) is 27.5. The highest BCUT2D eigenvalue weighted by Crippen LogP contribution is 2.45. The molecule has 2 aromatic heterocycles. The number of H-pyrrole nitrogens is 1. The molecule has 38 heavy (non-hydrogen) atoms. The second-order valence-corrected chi connectivity index (χ2v) is 11.1. The Morgan fingerprint density at radius 2 is 1.71 bits per heavy atom. The fourth-order valence-corrected chi connectivity index (χ4v) is 4.90. The highest BCUT2D eigenvalue weighted by atomic mass is 32.2. The molecule has 3 aromatic rings. The number of unbranched alkanes of at least 4 members (excludes halogenated alkanes) is 9. The second kappa shape index (κ2) is 13.6. The van der Waals surface area contributed by atoms with Gasteiger partial charge in [0.1, 0.15) is 0 Å². The van der Waals surface area contributed by atoms with E-state index >= 15 is 0 Å². The number of hydrogen-bond donors (Lipinski definition) is 2. The van der Waals surface area contributed by atoms with Gasteiger partial charge in [0.05, 0.1) is 12.8 Å². The normalized spacial score (nSPS) is 11.3. The van der Waals surface area contributed by atoms with E-state index in [0.29, 0.717) is 17.7 Å². The van der Waals surface area contributed by atoms with Crippen molar-refractivity contribution in [3.05, 3.63) is 47.1 Å². The standard InChI is InChI=1S/C27H34N6O4S/c1-5-6-7-8-9-10-11-12-13-14-18-22(34)37-24-23(28-2)26(29-3)33-25(30-31-27(24)33)20-16-15-17-21(19-20)32-38(4,35)36/h15-17,19,31-32H,5-14,18H2,1,4H3. The van der Waals surface area contributed by atoms with E-state index in [1.165, 1.54) is 42.9 Å². The molecule has 0 atom stereocenters. The summed E-state index contributed by atoms with van der Waals surface area (Å²) in [5.41, 5.74) is 0.974. The number of esters is 1. The number of hydrogen-bond acceptors (Lipinski definition) is 5. The van der Waals surface area contributed by atoms with Gasteiger partial charge < -0.3 is 9.58 Å². The van der Waals surface area contributed by atoms with Crippen LogP contribution in [0.1, 0.15) is 77.6 Å². The van der Waals surface area contributed by atoms with Crippen molar-refractivity contribution in [1.82, 2.24) is 14.6 Å². The van der Waals surface area contributed by atoms with E-state index in [4.69, 9.17) is 17.9 Å². The summed E-state index contributed by atoms with van der Waals surface area (Å²) in [5.74, 6) is -0.242.